The van der Waals surface area contributed by atoms with E-state index in [9.17, 15) is 10.1 Å². The normalized spacial score (nSPS) is 17.7. The van der Waals surface area contributed by atoms with E-state index in [1.165, 1.54) is 6.07 Å². The third kappa shape index (κ3) is 3.85. The van der Waals surface area contributed by atoms with Crippen LogP contribution in [-0.2, 0) is 0 Å². The summed E-state index contributed by atoms with van der Waals surface area (Å²) in [4.78, 5) is 17.7. The van der Waals surface area contributed by atoms with E-state index in [1.807, 2.05) is 72.3 Å². The number of hydrogen-bond donors (Lipinski definition) is 1. The van der Waals surface area contributed by atoms with Crippen LogP contribution in [0.5, 0.6) is 0 Å². The van der Waals surface area contributed by atoms with Gasteiger partial charge in [-0.25, -0.2) is 0 Å². The first-order valence-corrected chi connectivity index (χ1v) is 10.9. The molecule has 0 spiro atoms. The van der Waals surface area contributed by atoms with Crippen LogP contribution in [0.15, 0.2) is 91.3 Å². The summed E-state index contributed by atoms with van der Waals surface area (Å²) in [5.74, 6) is 0. The summed E-state index contributed by atoms with van der Waals surface area (Å²) >= 11 is 5.80. The minimum atomic E-state index is -0.380. The Bertz CT molecular complexity index is 1340. The van der Waals surface area contributed by atoms with Crippen molar-refractivity contribution in [3.8, 4) is 5.69 Å². The Labute approximate surface area is 196 Å². The van der Waals surface area contributed by atoms with Crippen LogP contribution in [0.4, 0.5) is 11.4 Å². The van der Waals surface area contributed by atoms with Gasteiger partial charge in [-0.05, 0) is 67.2 Å². The number of hydrogen-bond acceptors (Lipinski definition) is 4. The number of nitrogens with zero attached hydrogens (tertiary/aromatic N) is 4. The summed E-state index contributed by atoms with van der Waals surface area (Å²) in [6, 6.07) is 24.2. The van der Waals surface area contributed by atoms with Crippen molar-refractivity contribution < 1.29 is 4.92 Å². The van der Waals surface area contributed by atoms with Gasteiger partial charge in [-0.1, -0.05) is 24.3 Å². The SMILES string of the molecule is Cc1cccc(N2C(=S)NC(c3ccccn3)C2c2cccn2-c2cccc([N+](=O)[O-])c2)c1. The maximum Gasteiger partial charge on any atom is 0.271 e. The lowest BCUT2D eigenvalue weighted by atomic mass is 10.0. The van der Waals surface area contributed by atoms with E-state index >= 15 is 0 Å². The molecule has 0 radical (unpaired) electrons. The molecule has 3 heterocycles. The molecule has 164 valence electrons. The fourth-order valence-corrected chi connectivity index (χ4v) is 4.68. The molecule has 1 aliphatic rings. The highest BCUT2D eigenvalue weighted by molar-refractivity contribution is 7.80. The van der Waals surface area contributed by atoms with Gasteiger partial charge in [0.25, 0.3) is 5.69 Å². The molecule has 5 rings (SSSR count). The molecule has 0 amide bonds. The first kappa shape index (κ1) is 20.8. The summed E-state index contributed by atoms with van der Waals surface area (Å²) in [5, 5.41) is 15.4. The molecule has 1 fully saturated rings. The smallest absolute Gasteiger partial charge is 0.271 e. The van der Waals surface area contributed by atoms with Gasteiger partial charge in [0.05, 0.1) is 22.3 Å². The van der Waals surface area contributed by atoms with Gasteiger partial charge < -0.3 is 14.8 Å². The number of nitro benzene ring substituents is 1. The number of pyridine rings is 1. The van der Waals surface area contributed by atoms with Crippen molar-refractivity contribution in [2.24, 2.45) is 0 Å². The van der Waals surface area contributed by atoms with Crippen LogP contribution in [0.25, 0.3) is 5.69 Å². The minimum Gasteiger partial charge on any atom is -0.351 e. The first-order chi connectivity index (χ1) is 16.0. The third-order valence-corrected chi connectivity index (χ3v) is 6.09. The number of rotatable bonds is 5. The molecule has 2 aromatic carbocycles. The van der Waals surface area contributed by atoms with E-state index in [2.05, 4.69) is 21.3 Å². The van der Waals surface area contributed by atoms with Gasteiger partial charge in [-0.15, -0.1) is 0 Å². The summed E-state index contributed by atoms with van der Waals surface area (Å²) in [7, 11) is 0. The third-order valence-electron chi connectivity index (χ3n) is 5.78. The molecule has 0 bridgehead atoms. The Morgan fingerprint density at radius 1 is 1.00 bits per heavy atom. The zero-order chi connectivity index (χ0) is 22.9. The summed E-state index contributed by atoms with van der Waals surface area (Å²) in [5.41, 5.74) is 4.67. The number of aromatic nitrogens is 2. The average molecular weight is 456 g/mol. The van der Waals surface area contributed by atoms with Crippen molar-refractivity contribution in [3.05, 3.63) is 118 Å². The highest BCUT2D eigenvalue weighted by Gasteiger charge is 2.42. The number of thiocarbonyl (C=S) groups is 1. The number of benzene rings is 2. The summed E-state index contributed by atoms with van der Waals surface area (Å²) < 4.78 is 1.98. The van der Waals surface area contributed by atoms with Gasteiger partial charge in [0.15, 0.2) is 5.11 Å². The van der Waals surface area contributed by atoms with Crippen molar-refractivity contribution in [1.82, 2.24) is 14.9 Å². The van der Waals surface area contributed by atoms with Crippen LogP contribution in [0, 0.1) is 17.0 Å². The number of aryl methyl sites for hydroxylation is 1. The van der Waals surface area contributed by atoms with E-state index < -0.39 is 0 Å². The highest BCUT2D eigenvalue weighted by Crippen LogP contribution is 2.42. The van der Waals surface area contributed by atoms with E-state index in [-0.39, 0.29) is 22.7 Å². The Hall–Kier alpha value is -4.04. The van der Waals surface area contributed by atoms with Crippen molar-refractivity contribution in [2.45, 2.75) is 19.0 Å². The van der Waals surface area contributed by atoms with E-state index in [0.717, 1.165) is 22.6 Å². The molecule has 2 atom stereocenters. The quantitative estimate of drug-likeness (QED) is 0.251. The van der Waals surface area contributed by atoms with Crippen LogP contribution in [0.2, 0.25) is 0 Å². The van der Waals surface area contributed by atoms with Gasteiger partial charge in [-0.3, -0.25) is 15.1 Å². The molecule has 8 heteroatoms. The van der Waals surface area contributed by atoms with Gasteiger partial charge in [0.2, 0.25) is 0 Å². The Morgan fingerprint density at radius 3 is 2.58 bits per heavy atom. The fourth-order valence-electron chi connectivity index (χ4n) is 4.34. The van der Waals surface area contributed by atoms with Crippen LogP contribution < -0.4 is 10.2 Å². The molecule has 1 aliphatic heterocycles. The lowest BCUT2D eigenvalue weighted by Crippen LogP contribution is -2.30. The summed E-state index contributed by atoms with van der Waals surface area (Å²) in [6.45, 7) is 2.05. The second-order valence-electron chi connectivity index (χ2n) is 7.92. The maximum absolute atomic E-state index is 11.4. The Kier molecular flexibility index (Phi) is 5.35. The molecule has 2 aromatic heterocycles. The second-order valence-corrected chi connectivity index (χ2v) is 8.30. The predicted molar refractivity (Wildman–Crippen MR) is 132 cm³/mol. The molecule has 7 nitrogen and oxygen atoms in total. The van der Waals surface area contributed by atoms with Crippen molar-refractivity contribution >= 4 is 28.7 Å². The lowest BCUT2D eigenvalue weighted by molar-refractivity contribution is -0.384. The molecule has 0 aliphatic carbocycles. The number of non-ortho nitro benzene ring substituents is 1. The van der Waals surface area contributed by atoms with Crippen LogP contribution in [0.1, 0.15) is 29.0 Å². The molecule has 0 saturated carbocycles. The zero-order valence-electron chi connectivity index (χ0n) is 17.8. The maximum atomic E-state index is 11.4. The molecular formula is C25H21N5O2S. The average Bonchev–Trinajstić information content (AvgIpc) is 3.44. The van der Waals surface area contributed by atoms with Crippen LogP contribution >= 0.6 is 12.2 Å². The van der Waals surface area contributed by atoms with Crippen molar-refractivity contribution in [3.63, 3.8) is 0 Å². The van der Waals surface area contributed by atoms with Crippen molar-refractivity contribution in [2.75, 3.05) is 4.90 Å². The zero-order valence-corrected chi connectivity index (χ0v) is 18.6. The van der Waals surface area contributed by atoms with Crippen LogP contribution in [0.3, 0.4) is 0 Å². The second kappa shape index (κ2) is 8.48. The summed E-state index contributed by atoms with van der Waals surface area (Å²) in [6.07, 6.45) is 3.69. The number of nitro groups is 1. The monoisotopic (exact) mass is 455 g/mol. The fraction of sp³-hybridized carbons (Fsp3) is 0.120. The van der Waals surface area contributed by atoms with Gasteiger partial charge in [-0.2, -0.15) is 0 Å². The molecule has 2 unspecified atom stereocenters. The van der Waals surface area contributed by atoms with E-state index in [0.29, 0.717) is 10.8 Å². The minimum absolute atomic E-state index is 0.0454. The van der Waals surface area contributed by atoms with Gasteiger partial charge >= 0.3 is 0 Å². The Balaban J connectivity index is 1.67. The van der Waals surface area contributed by atoms with E-state index in [4.69, 9.17) is 12.2 Å². The number of anilines is 1. The lowest BCUT2D eigenvalue weighted by Gasteiger charge is -2.29. The predicted octanol–water partition coefficient (Wildman–Crippen LogP) is 5.27. The molecule has 4 aromatic rings. The molecule has 1 N–H and O–H groups in total. The highest BCUT2D eigenvalue weighted by atomic mass is 32.1. The topological polar surface area (TPSA) is 76.2 Å². The standard InChI is InChI=1S/C25H21N5O2S/c1-17-7-4-9-19(15-17)29-24(23(27-25(29)33)21-11-2-3-13-26-21)22-12-6-14-28(22)18-8-5-10-20(16-18)30(31)32/h2-16,23-24H,1H3,(H,27,33). The van der Waals surface area contributed by atoms with Gasteiger partial charge in [0.1, 0.15) is 6.04 Å². The largest absolute Gasteiger partial charge is 0.351 e. The van der Waals surface area contributed by atoms with E-state index in [1.54, 1.807) is 18.3 Å². The molecule has 33 heavy (non-hydrogen) atoms. The first-order valence-electron chi connectivity index (χ1n) is 10.5. The molecular weight excluding hydrogens is 434 g/mol. The Morgan fingerprint density at radius 2 is 1.82 bits per heavy atom. The van der Waals surface area contributed by atoms with Crippen LogP contribution in [-0.4, -0.2) is 19.6 Å². The number of nitrogens with one attached hydrogen (secondary N) is 1. The molecule has 1 saturated heterocycles. The van der Waals surface area contributed by atoms with Gasteiger partial charge in [0, 0.05) is 35.9 Å². The van der Waals surface area contributed by atoms with Crippen molar-refractivity contribution in [1.29, 1.82) is 0 Å².